The van der Waals surface area contributed by atoms with Gasteiger partial charge in [0.05, 0.1) is 5.60 Å². The van der Waals surface area contributed by atoms with Crippen LogP contribution in [-0.2, 0) is 5.60 Å². The summed E-state index contributed by atoms with van der Waals surface area (Å²) in [5.74, 6) is 0. The minimum Gasteiger partial charge on any atom is -0.386 e. The number of benzene rings is 1. The summed E-state index contributed by atoms with van der Waals surface area (Å²) in [6, 6.07) is 9.62. The van der Waals surface area contributed by atoms with Gasteiger partial charge in [-0.15, -0.1) is 0 Å². The second kappa shape index (κ2) is 3.54. The van der Waals surface area contributed by atoms with Crippen LogP contribution in [0.15, 0.2) is 30.3 Å². The van der Waals surface area contributed by atoms with Gasteiger partial charge in [-0.05, 0) is 19.4 Å². The molecule has 0 amide bonds. The van der Waals surface area contributed by atoms with Crippen molar-refractivity contribution in [3.63, 3.8) is 0 Å². The molecule has 1 rings (SSSR count). The molecule has 1 aromatic carbocycles. The third-order valence-electron chi connectivity index (χ3n) is 1.48. The van der Waals surface area contributed by atoms with Crippen molar-refractivity contribution in [2.75, 3.05) is 0 Å². The normalized spacial score (nSPS) is 10.5. The molecule has 11 heavy (non-hydrogen) atoms. The van der Waals surface area contributed by atoms with Gasteiger partial charge >= 0.3 is 0 Å². The molecule has 0 aromatic heterocycles. The van der Waals surface area contributed by atoms with Crippen LogP contribution in [0.5, 0.6) is 0 Å². The fraction of sp³-hybridized carbons (Fsp3) is 0.400. The van der Waals surface area contributed by atoms with Gasteiger partial charge in [0.1, 0.15) is 0 Å². The first-order chi connectivity index (χ1) is 4.61. The molecule has 0 unspecified atom stereocenters. The Bertz CT molecular complexity index is 196. The first-order valence-electron chi connectivity index (χ1n) is 3.38. The summed E-state index contributed by atoms with van der Waals surface area (Å²) in [6.45, 7) is 3.56. The predicted molar refractivity (Wildman–Crippen MR) is 48.4 cm³/mol. The van der Waals surface area contributed by atoms with E-state index in [-0.39, 0.29) is 7.43 Å². The number of hydrogen-bond acceptors (Lipinski definition) is 1. The highest BCUT2D eigenvalue weighted by Gasteiger charge is 2.13. The minimum absolute atomic E-state index is 0. The summed E-state index contributed by atoms with van der Waals surface area (Å²) in [6.07, 6.45) is 0. The topological polar surface area (TPSA) is 20.2 Å². The first-order valence-corrected chi connectivity index (χ1v) is 3.38. The molecule has 0 bridgehead atoms. The van der Waals surface area contributed by atoms with Gasteiger partial charge in [0.25, 0.3) is 0 Å². The van der Waals surface area contributed by atoms with Crippen LogP contribution in [0.2, 0.25) is 0 Å². The molecule has 62 valence electrons. The van der Waals surface area contributed by atoms with Gasteiger partial charge in [0.15, 0.2) is 0 Å². The molecule has 1 nitrogen and oxygen atoms in total. The molecule has 0 fully saturated rings. The zero-order valence-electron chi connectivity index (χ0n) is 6.33. The van der Waals surface area contributed by atoms with Crippen molar-refractivity contribution in [2.45, 2.75) is 26.9 Å². The highest BCUT2D eigenvalue weighted by Crippen LogP contribution is 2.17. The van der Waals surface area contributed by atoms with Crippen LogP contribution in [0.1, 0.15) is 26.8 Å². The van der Waals surface area contributed by atoms with E-state index in [0.717, 1.165) is 5.56 Å². The van der Waals surface area contributed by atoms with Crippen LogP contribution >= 0.6 is 0 Å². The Morgan fingerprint density at radius 3 is 1.82 bits per heavy atom. The molecule has 0 saturated carbocycles. The molecular weight excluding hydrogens is 136 g/mol. The molecule has 0 aliphatic heterocycles. The van der Waals surface area contributed by atoms with E-state index in [9.17, 15) is 5.11 Å². The lowest BCUT2D eigenvalue weighted by molar-refractivity contribution is 0.0786. The standard InChI is InChI=1S/C9H12O.CH4/c1-9(2,10)8-6-4-3-5-7-8;/h3-7,10H,1-2H3;1H4. The van der Waals surface area contributed by atoms with E-state index in [4.69, 9.17) is 0 Å². The van der Waals surface area contributed by atoms with Crippen molar-refractivity contribution in [1.29, 1.82) is 0 Å². The number of rotatable bonds is 1. The van der Waals surface area contributed by atoms with Crippen LogP contribution in [-0.4, -0.2) is 5.11 Å². The lowest BCUT2D eigenvalue weighted by Crippen LogP contribution is -2.14. The van der Waals surface area contributed by atoms with Gasteiger partial charge in [-0.2, -0.15) is 0 Å². The lowest BCUT2D eigenvalue weighted by atomic mass is 9.99. The van der Waals surface area contributed by atoms with Crippen molar-refractivity contribution in [2.24, 2.45) is 0 Å². The lowest BCUT2D eigenvalue weighted by Gasteiger charge is -2.16. The van der Waals surface area contributed by atoms with Gasteiger partial charge in [-0.3, -0.25) is 0 Å². The van der Waals surface area contributed by atoms with Crippen molar-refractivity contribution in [1.82, 2.24) is 0 Å². The summed E-state index contributed by atoms with van der Waals surface area (Å²) in [4.78, 5) is 0. The molecule has 0 spiro atoms. The largest absolute Gasteiger partial charge is 0.386 e. The molecule has 0 saturated heterocycles. The first kappa shape index (κ1) is 10.2. The SMILES string of the molecule is C.CC(C)(O)c1ccccc1. The van der Waals surface area contributed by atoms with Gasteiger partial charge in [-0.25, -0.2) is 0 Å². The van der Waals surface area contributed by atoms with Crippen LogP contribution in [0, 0.1) is 0 Å². The summed E-state index contributed by atoms with van der Waals surface area (Å²) in [5, 5.41) is 9.49. The summed E-state index contributed by atoms with van der Waals surface area (Å²) in [5.41, 5.74) is 0.247. The van der Waals surface area contributed by atoms with Crippen molar-refractivity contribution < 1.29 is 5.11 Å². The van der Waals surface area contributed by atoms with Crippen LogP contribution in [0.3, 0.4) is 0 Å². The minimum atomic E-state index is -0.707. The Morgan fingerprint density at radius 1 is 1.09 bits per heavy atom. The molecule has 0 atom stereocenters. The van der Waals surface area contributed by atoms with Gasteiger partial charge < -0.3 is 5.11 Å². The zero-order chi connectivity index (χ0) is 7.61. The molecule has 0 aliphatic carbocycles. The predicted octanol–water partition coefficient (Wildman–Crippen LogP) is 2.55. The van der Waals surface area contributed by atoms with E-state index in [2.05, 4.69) is 0 Å². The highest BCUT2D eigenvalue weighted by atomic mass is 16.3. The average Bonchev–Trinajstić information content (AvgIpc) is 1.88. The third kappa shape index (κ3) is 2.72. The van der Waals surface area contributed by atoms with E-state index in [1.54, 1.807) is 13.8 Å². The smallest absolute Gasteiger partial charge is 0.0840 e. The van der Waals surface area contributed by atoms with Crippen LogP contribution in [0.4, 0.5) is 0 Å². The average molecular weight is 152 g/mol. The monoisotopic (exact) mass is 152 g/mol. The van der Waals surface area contributed by atoms with E-state index >= 15 is 0 Å². The third-order valence-corrected chi connectivity index (χ3v) is 1.48. The molecular formula is C10H16O. The van der Waals surface area contributed by atoms with E-state index < -0.39 is 5.60 Å². The molecule has 1 heteroatoms. The Labute approximate surface area is 68.7 Å². The van der Waals surface area contributed by atoms with Gasteiger partial charge in [0, 0.05) is 0 Å². The fourth-order valence-electron chi connectivity index (χ4n) is 0.846. The second-order valence-electron chi connectivity index (χ2n) is 2.93. The van der Waals surface area contributed by atoms with Crippen LogP contribution < -0.4 is 0 Å². The molecule has 0 radical (unpaired) electrons. The van der Waals surface area contributed by atoms with E-state index in [1.807, 2.05) is 30.3 Å². The maximum Gasteiger partial charge on any atom is 0.0840 e. The summed E-state index contributed by atoms with van der Waals surface area (Å²) in [7, 11) is 0. The second-order valence-corrected chi connectivity index (χ2v) is 2.93. The molecule has 0 heterocycles. The van der Waals surface area contributed by atoms with Gasteiger partial charge in [0.2, 0.25) is 0 Å². The van der Waals surface area contributed by atoms with Gasteiger partial charge in [-0.1, -0.05) is 37.8 Å². The van der Waals surface area contributed by atoms with E-state index in [1.165, 1.54) is 0 Å². The number of aliphatic hydroxyl groups is 1. The van der Waals surface area contributed by atoms with Crippen molar-refractivity contribution in [3.05, 3.63) is 35.9 Å². The Morgan fingerprint density at radius 2 is 1.55 bits per heavy atom. The maximum atomic E-state index is 9.49. The summed E-state index contributed by atoms with van der Waals surface area (Å²) >= 11 is 0. The molecule has 0 aliphatic rings. The van der Waals surface area contributed by atoms with Crippen LogP contribution in [0.25, 0.3) is 0 Å². The van der Waals surface area contributed by atoms with Crippen molar-refractivity contribution in [3.8, 4) is 0 Å². The highest BCUT2D eigenvalue weighted by molar-refractivity contribution is 5.20. The molecule has 1 aromatic rings. The number of hydrogen-bond donors (Lipinski definition) is 1. The molecule has 1 N–H and O–H groups in total. The van der Waals surface area contributed by atoms with E-state index in [0.29, 0.717) is 0 Å². The van der Waals surface area contributed by atoms with Crippen molar-refractivity contribution >= 4 is 0 Å². The quantitative estimate of drug-likeness (QED) is 0.655. The fourth-order valence-corrected chi connectivity index (χ4v) is 0.846. The maximum absolute atomic E-state index is 9.49. The Balaban J connectivity index is 0.000001000. The summed E-state index contributed by atoms with van der Waals surface area (Å²) < 4.78 is 0. The Hall–Kier alpha value is -0.820. The zero-order valence-corrected chi connectivity index (χ0v) is 6.33. The Kier molecular flexibility index (Phi) is 3.27.